The Morgan fingerprint density at radius 3 is 2.26 bits per heavy atom. The zero-order valence-corrected chi connectivity index (χ0v) is 21.5. The van der Waals surface area contributed by atoms with Gasteiger partial charge in [0.15, 0.2) is 11.3 Å². The van der Waals surface area contributed by atoms with Gasteiger partial charge < -0.3 is 0 Å². The van der Waals surface area contributed by atoms with Gasteiger partial charge in [0.05, 0.1) is 16.1 Å². The smallest absolute Gasteiger partial charge is 0.228 e. The van der Waals surface area contributed by atoms with Crippen LogP contribution in [0.15, 0.2) is 52.7 Å². The molecule has 1 aromatic carbocycles. The SMILES string of the molecule is CC(C)(C)NS(=O)(=O)c1ccc(C#Cc2cc3nc(-c4cccc(C(F)(F)F)c4)cc(C(F)(F)F)n3n2)s1. The minimum atomic E-state index is -4.90. The van der Waals surface area contributed by atoms with Crippen molar-refractivity contribution in [3.8, 4) is 23.1 Å². The van der Waals surface area contributed by atoms with Crippen molar-refractivity contribution in [2.75, 3.05) is 0 Å². The zero-order chi connectivity index (χ0) is 28.1. The van der Waals surface area contributed by atoms with E-state index in [2.05, 4.69) is 26.6 Å². The molecule has 0 bridgehead atoms. The van der Waals surface area contributed by atoms with Crippen LogP contribution in [0.25, 0.3) is 16.9 Å². The van der Waals surface area contributed by atoms with Crippen molar-refractivity contribution in [1.82, 2.24) is 19.3 Å². The van der Waals surface area contributed by atoms with Crippen molar-refractivity contribution in [2.24, 2.45) is 0 Å². The molecule has 0 saturated carbocycles. The Balaban J connectivity index is 1.74. The first-order valence-electron chi connectivity index (χ1n) is 10.7. The third-order valence-electron chi connectivity index (χ3n) is 4.80. The van der Waals surface area contributed by atoms with Gasteiger partial charge in [-0.2, -0.15) is 31.4 Å². The lowest BCUT2D eigenvalue weighted by atomic mass is 10.1. The van der Waals surface area contributed by atoms with Crippen LogP contribution in [0.2, 0.25) is 0 Å². The van der Waals surface area contributed by atoms with Crippen LogP contribution in [0.5, 0.6) is 0 Å². The van der Waals surface area contributed by atoms with Gasteiger partial charge in [0, 0.05) is 17.2 Å². The summed E-state index contributed by atoms with van der Waals surface area (Å²) < 4.78 is 109. The topological polar surface area (TPSA) is 76.4 Å². The Morgan fingerprint density at radius 2 is 1.63 bits per heavy atom. The number of nitrogens with zero attached hydrogens (tertiary/aromatic N) is 3. The first-order valence-corrected chi connectivity index (χ1v) is 13.0. The van der Waals surface area contributed by atoms with E-state index in [1.165, 1.54) is 18.2 Å². The normalized spacial score (nSPS) is 13.0. The number of sulfonamides is 1. The Bertz CT molecular complexity index is 1680. The maximum atomic E-state index is 13.8. The number of rotatable bonds is 3. The van der Waals surface area contributed by atoms with Crippen LogP contribution < -0.4 is 4.72 Å². The molecule has 0 atom stereocenters. The lowest BCUT2D eigenvalue weighted by Crippen LogP contribution is -2.40. The van der Waals surface area contributed by atoms with E-state index in [1.807, 2.05) is 0 Å². The van der Waals surface area contributed by atoms with Crippen molar-refractivity contribution in [3.63, 3.8) is 0 Å². The summed E-state index contributed by atoms with van der Waals surface area (Å²) in [4.78, 5) is 4.39. The van der Waals surface area contributed by atoms with Gasteiger partial charge in [-0.15, -0.1) is 11.3 Å². The van der Waals surface area contributed by atoms with Crippen LogP contribution in [0.4, 0.5) is 26.3 Å². The highest BCUT2D eigenvalue weighted by Crippen LogP contribution is 2.35. The van der Waals surface area contributed by atoms with E-state index in [4.69, 9.17) is 0 Å². The third-order valence-corrected chi connectivity index (χ3v) is 8.05. The van der Waals surface area contributed by atoms with Crippen LogP contribution in [-0.4, -0.2) is 28.6 Å². The first-order chi connectivity index (χ1) is 17.4. The third kappa shape index (κ3) is 6.17. The number of thiophene rings is 1. The minimum absolute atomic E-state index is 0.0125. The van der Waals surface area contributed by atoms with Crippen molar-refractivity contribution >= 4 is 27.0 Å². The summed E-state index contributed by atoms with van der Waals surface area (Å²) in [7, 11) is -3.79. The van der Waals surface area contributed by atoms with E-state index in [-0.39, 0.29) is 26.8 Å². The standard InChI is InChI=1S/C24H18F6N4O2S2/c1-22(2,3)33-38(35,36)21-10-9-17(37-21)8-7-16-12-20-31-18(13-19(24(28,29)30)34(20)32-16)14-5-4-6-15(11-14)23(25,26)27/h4-6,9-13,33H,1-3H3. The molecule has 0 spiro atoms. The van der Waals surface area contributed by atoms with Crippen molar-refractivity contribution in [3.05, 3.63) is 70.4 Å². The fraction of sp³-hybridized carbons (Fsp3) is 0.250. The van der Waals surface area contributed by atoms with E-state index in [1.54, 1.807) is 20.8 Å². The number of fused-ring (bicyclic) bond motifs is 1. The maximum Gasteiger partial charge on any atom is 0.433 e. The van der Waals surface area contributed by atoms with Gasteiger partial charge in [0.1, 0.15) is 9.90 Å². The van der Waals surface area contributed by atoms with Gasteiger partial charge in [-0.25, -0.2) is 22.6 Å². The average Bonchev–Trinajstić information content (AvgIpc) is 3.41. The molecule has 6 nitrogen and oxygen atoms in total. The van der Waals surface area contributed by atoms with Crippen molar-refractivity contribution in [1.29, 1.82) is 0 Å². The molecule has 14 heteroatoms. The van der Waals surface area contributed by atoms with Gasteiger partial charge in [-0.05, 0) is 62.9 Å². The summed E-state index contributed by atoms with van der Waals surface area (Å²) in [5, 5.41) is 3.84. The molecule has 0 unspecified atom stereocenters. The van der Waals surface area contributed by atoms with Crippen LogP contribution in [0.3, 0.4) is 0 Å². The molecule has 0 aliphatic heterocycles. The number of aromatic nitrogens is 3. The summed E-state index contributed by atoms with van der Waals surface area (Å²) in [6.07, 6.45) is -9.58. The Kier molecular flexibility index (Phi) is 6.84. The fourth-order valence-electron chi connectivity index (χ4n) is 3.35. The molecule has 38 heavy (non-hydrogen) atoms. The Labute approximate surface area is 217 Å². The number of benzene rings is 1. The molecule has 0 aliphatic carbocycles. The van der Waals surface area contributed by atoms with Gasteiger partial charge in [-0.3, -0.25) is 0 Å². The molecule has 0 amide bonds. The number of halogens is 6. The van der Waals surface area contributed by atoms with Gasteiger partial charge in [0.2, 0.25) is 0 Å². The van der Waals surface area contributed by atoms with Crippen LogP contribution >= 0.6 is 11.3 Å². The predicted molar refractivity (Wildman–Crippen MR) is 129 cm³/mol. The molecule has 4 rings (SSSR count). The summed E-state index contributed by atoms with van der Waals surface area (Å²) >= 11 is 0.871. The Morgan fingerprint density at radius 1 is 0.921 bits per heavy atom. The molecular formula is C24H18F6N4O2S2. The second-order valence-electron chi connectivity index (χ2n) is 9.13. The number of hydrogen-bond acceptors (Lipinski definition) is 5. The highest BCUT2D eigenvalue weighted by atomic mass is 32.2. The molecular weight excluding hydrogens is 554 g/mol. The van der Waals surface area contributed by atoms with Gasteiger partial charge in [-0.1, -0.05) is 12.1 Å². The molecule has 1 N–H and O–H groups in total. The van der Waals surface area contributed by atoms with Gasteiger partial charge in [0.25, 0.3) is 10.0 Å². The second kappa shape index (κ2) is 9.40. The zero-order valence-electron chi connectivity index (χ0n) is 19.9. The van der Waals surface area contributed by atoms with Crippen LogP contribution in [0.1, 0.15) is 42.6 Å². The lowest BCUT2D eigenvalue weighted by molar-refractivity contribution is -0.142. The summed E-state index contributed by atoms with van der Waals surface area (Å²) in [6.45, 7) is 5.05. The van der Waals surface area contributed by atoms with Crippen molar-refractivity contribution < 1.29 is 34.8 Å². The summed E-state index contributed by atoms with van der Waals surface area (Å²) in [5.74, 6) is 5.26. The summed E-state index contributed by atoms with van der Waals surface area (Å²) in [6, 6.07) is 8.41. The van der Waals surface area contributed by atoms with Crippen LogP contribution in [0, 0.1) is 11.8 Å². The molecule has 0 aliphatic rings. The molecule has 4 aromatic rings. The fourth-order valence-corrected chi connectivity index (χ4v) is 5.93. The predicted octanol–water partition coefficient (Wildman–Crippen LogP) is 5.97. The molecule has 0 fully saturated rings. The number of hydrogen-bond donors (Lipinski definition) is 1. The highest BCUT2D eigenvalue weighted by molar-refractivity contribution is 7.91. The molecule has 0 saturated heterocycles. The van der Waals surface area contributed by atoms with Crippen molar-refractivity contribution in [2.45, 2.75) is 42.9 Å². The number of nitrogens with one attached hydrogen (secondary N) is 1. The molecule has 200 valence electrons. The summed E-state index contributed by atoms with van der Waals surface area (Å²) in [5.41, 5.74) is -3.84. The highest BCUT2D eigenvalue weighted by Gasteiger charge is 2.36. The lowest BCUT2D eigenvalue weighted by Gasteiger charge is -2.19. The quantitative estimate of drug-likeness (QED) is 0.242. The second-order valence-corrected chi connectivity index (χ2v) is 12.1. The maximum absolute atomic E-state index is 13.8. The largest absolute Gasteiger partial charge is 0.433 e. The van der Waals surface area contributed by atoms with Crippen LogP contribution in [-0.2, 0) is 22.4 Å². The molecule has 3 aromatic heterocycles. The Hall–Kier alpha value is -3.41. The van der Waals surface area contributed by atoms with E-state index < -0.39 is 39.2 Å². The van der Waals surface area contributed by atoms with E-state index in [9.17, 15) is 34.8 Å². The molecule has 3 heterocycles. The number of alkyl halides is 6. The molecule has 0 radical (unpaired) electrons. The average molecular weight is 573 g/mol. The monoisotopic (exact) mass is 572 g/mol. The van der Waals surface area contributed by atoms with Gasteiger partial charge >= 0.3 is 12.4 Å². The first kappa shape index (κ1) is 27.6. The van der Waals surface area contributed by atoms with E-state index >= 15 is 0 Å². The van der Waals surface area contributed by atoms with E-state index in [0.717, 1.165) is 29.5 Å². The van der Waals surface area contributed by atoms with E-state index in [0.29, 0.717) is 21.5 Å². The minimum Gasteiger partial charge on any atom is -0.228 e.